The van der Waals surface area contributed by atoms with E-state index in [1.54, 1.807) is 74.8 Å². The highest BCUT2D eigenvalue weighted by atomic mass is 32.2. The van der Waals surface area contributed by atoms with Crippen molar-refractivity contribution in [1.82, 2.24) is 14.5 Å². The van der Waals surface area contributed by atoms with Gasteiger partial charge in [-0.15, -0.1) is 0 Å². The van der Waals surface area contributed by atoms with Crippen molar-refractivity contribution in [3.05, 3.63) is 113 Å². The molecular weight excluding hydrogens is 566 g/mol. The number of thiazole rings is 1. The molecule has 0 saturated carbocycles. The monoisotopic (exact) mass is 589 g/mol. The van der Waals surface area contributed by atoms with E-state index in [1.807, 2.05) is 0 Å². The highest BCUT2D eigenvalue weighted by Crippen LogP contribution is 2.34. The lowest BCUT2D eigenvalue weighted by atomic mass is 9.95. The Bertz CT molecular complexity index is 1870. The standard InChI is InChI=1S/C28H23N5O6S2/c1-4-39-26(35)23-16(2)31-28-32(24(23)18-7-5-8-19(15-18)38-3)25(34)22(41-28)14-17-9-10-21(20(13-17)33(36)37)40-27-29-11-6-12-30-27/h5-15,24H,4H2,1-3H3/b22-14+/t24-/m0/s1. The van der Waals surface area contributed by atoms with Gasteiger partial charge in [0.1, 0.15) is 5.75 Å². The van der Waals surface area contributed by atoms with E-state index in [-0.39, 0.29) is 17.9 Å². The number of hydrogen-bond donors (Lipinski definition) is 0. The van der Waals surface area contributed by atoms with E-state index >= 15 is 0 Å². The van der Waals surface area contributed by atoms with E-state index < -0.39 is 22.5 Å². The number of esters is 1. The van der Waals surface area contributed by atoms with Crippen LogP contribution in [0.25, 0.3) is 6.08 Å². The average Bonchev–Trinajstić information content (AvgIpc) is 3.27. The minimum Gasteiger partial charge on any atom is -0.497 e. The number of allylic oxidation sites excluding steroid dienone is 1. The van der Waals surface area contributed by atoms with E-state index in [1.165, 1.54) is 17.7 Å². The maximum Gasteiger partial charge on any atom is 0.338 e. The molecule has 13 heteroatoms. The molecule has 1 atom stereocenters. The zero-order valence-corrected chi connectivity index (χ0v) is 23.8. The van der Waals surface area contributed by atoms with Gasteiger partial charge in [-0.05, 0) is 67.1 Å². The second-order valence-electron chi connectivity index (χ2n) is 8.70. The third-order valence-electron chi connectivity index (χ3n) is 6.15. The van der Waals surface area contributed by atoms with Gasteiger partial charge in [0.05, 0.1) is 45.4 Å². The summed E-state index contributed by atoms with van der Waals surface area (Å²) in [5.74, 6) is -0.00406. The number of nitrogens with zero attached hydrogens (tertiary/aromatic N) is 5. The van der Waals surface area contributed by atoms with Crippen LogP contribution in [0.2, 0.25) is 0 Å². The lowest BCUT2D eigenvalue weighted by Gasteiger charge is -2.25. The SMILES string of the molecule is CCOC(=O)C1=C(C)N=c2s/c(=C/c3ccc(Sc4ncccn4)c([N+](=O)[O-])c3)c(=O)n2[C@H]1c1cccc(OC)c1. The molecule has 0 fully saturated rings. The van der Waals surface area contributed by atoms with Crippen molar-refractivity contribution in [1.29, 1.82) is 0 Å². The van der Waals surface area contributed by atoms with Crippen LogP contribution in [0.1, 0.15) is 31.0 Å². The summed E-state index contributed by atoms with van der Waals surface area (Å²) < 4.78 is 12.5. The van der Waals surface area contributed by atoms with E-state index in [9.17, 15) is 19.7 Å². The van der Waals surface area contributed by atoms with Crippen molar-refractivity contribution in [2.24, 2.45) is 4.99 Å². The molecule has 2 aromatic carbocycles. The Morgan fingerprint density at radius 1 is 1.20 bits per heavy atom. The van der Waals surface area contributed by atoms with Gasteiger partial charge in [0.2, 0.25) is 0 Å². The number of aromatic nitrogens is 3. The maximum absolute atomic E-state index is 13.8. The van der Waals surface area contributed by atoms with E-state index in [2.05, 4.69) is 15.0 Å². The third kappa shape index (κ3) is 5.67. The van der Waals surface area contributed by atoms with Crippen LogP contribution in [0.3, 0.4) is 0 Å². The first-order valence-electron chi connectivity index (χ1n) is 12.4. The van der Waals surface area contributed by atoms with Gasteiger partial charge in [0, 0.05) is 18.5 Å². The lowest BCUT2D eigenvalue weighted by molar-refractivity contribution is -0.387. The minimum atomic E-state index is -0.804. The van der Waals surface area contributed by atoms with Gasteiger partial charge in [-0.1, -0.05) is 29.5 Å². The molecule has 11 nitrogen and oxygen atoms in total. The first-order chi connectivity index (χ1) is 19.8. The number of carbonyl (C=O) groups is 1. The minimum absolute atomic E-state index is 0.140. The van der Waals surface area contributed by atoms with Crippen molar-refractivity contribution in [2.75, 3.05) is 13.7 Å². The highest BCUT2D eigenvalue weighted by Gasteiger charge is 2.33. The zero-order valence-electron chi connectivity index (χ0n) is 22.1. The summed E-state index contributed by atoms with van der Waals surface area (Å²) in [5.41, 5.74) is 1.26. The molecule has 0 N–H and O–H groups in total. The number of hydrogen-bond acceptors (Lipinski definition) is 11. The van der Waals surface area contributed by atoms with Crippen molar-refractivity contribution < 1.29 is 19.2 Å². The molecule has 3 heterocycles. The predicted octanol–water partition coefficient (Wildman–Crippen LogP) is 3.66. The van der Waals surface area contributed by atoms with Gasteiger partial charge in [-0.3, -0.25) is 19.5 Å². The Balaban J connectivity index is 1.63. The van der Waals surface area contributed by atoms with Gasteiger partial charge in [0.15, 0.2) is 9.96 Å². The van der Waals surface area contributed by atoms with Crippen LogP contribution in [-0.4, -0.2) is 39.1 Å². The van der Waals surface area contributed by atoms with Crippen LogP contribution >= 0.6 is 23.1 Å². The molecule has 5 rings (SSSR count). The Kier molecular flexibility index (Phi) is 8.08. The predicted molar refractivity (Wildman–Crippen MR) is 153 cm³/mol. The number of benzene rings is 2. The number of carbonyl (C=O) groups excluding carboxylic acids is 1. The van der Waals surface area contributed by atoms with Gasteiger partial charge in [0.25, 0.3) is 11.2 Å². The van der Waals surface area contributed by atoms with Gasteiger partial charge < -0.3 is 9.47 Å². The van der Waals surface area contributed by atoms with E-state index in [0.29, 0.717) is 42.0 Å². The Labute approximate surface area is 241 Å². The Morgan fingerprint density at radius 2 is 1.98 bits per heavy atom. The van der Waals surface area contributed by atoms with Crippen LogP contribution in [0.15, 0.2) is 92.0 Å². The maximum atomic E-state index is 13.8. The number of methoxy groups -OCH3 is 1. The first-order valence-corrected chi connectivity index (χ1v) is 14.0. The van der Waals surface area contributed by atoms with Gasteiger partial charge >= 0.3 is 5.97 Å². The molecule has 2 aromatic heterocycles. The molecule has 1 aliphatic rings. The fraction of sp³-hybridized carbons (Fsp3) is 0.179. The molecule has 1 aliphatic heterocycles. The molecule has 41 heavy (non-hydrogen) atoms. The second-order valence-corrected chi connectivity index (χ2v) is 10.7. The van der Waals surface area contributed by atoms with Crippen LogP contribution in [-0.2, 0) is 9.53 Å². The average molecular weight is 590 g/mol. The van der Waals surface area contributed by atoms with Crippen molar-refractivity contribution in [3.8, 4) is 5.75 Å². The van der Waals surface area contributed by atoms with Crippen molar-refractivity contribution in [3.63, 3.8) is 0 Å². The summed E-state index contributed by atoms with van der Waals surface area (Å²) in [4.78, 5) is 51.9. The molecule has 0 aliphatic carbocycles. The normalized spacial score (nSPS) is 14.8. The van der Waals surface area contributed by atoms with Crippen LogP contribution in [0.5, 0.6) is 5.75 Å². The fourth-order valence-corrected chi connectivity index (χ4v) is 6.20. The number of nitro benzene ring substituents is 1. The third-order valence-corrected chi connectivity index (χ3v) is 8.09. The molecule has 0 amide bonds. The molecule has 0 unspecified atom stereocenters. The van der Waals surface area contributed by atoms with Crippen LogP contribution in [0, 0.1) is 10.1 Å². The summed E-state index contributed by atoms with van der Waals surface area (Å²) in [6.07, 6.45) is 4.70. The van der Waals surface area contributed by atoms with Gasteiger partial charge in [-0.25, -0.2) is 19.8 Å². The summed E-state index contributed by atoms with van der Waals surface area (Å²) in [7, 11) is 1.54. The number of fused-ring (bicyclic) bond motifs is 1. The smallest absolute Gasteiger partial charge is 0.338 e. The lowest BCUT2D eigenvalue weighted by Crippen LogP contribution is -2.39. The number of ether oxygens (including phenoxy) is 2. The summed E-state index contributed by atoms with van der Waals surface area (Å²) >= 11 is 2.21. The molecular formula is C28H23N5O6S2. The summed E-state index contributed by atoms with van der Waals surface area (Å²) in [6.45, 7) is 3.57. The fourth-order valence-electron chi connectivity index (χ4n) is 4.36. The largest absolute Gasteiger partial charge is 0.497 e. The molecule has 4 aromatic rings. The molecule has 0 saturated heterocycles. The van der Waals surface area contributed by atoms with Crippen molar-refractivity contribution >= 4 is 40.8 Å². The van der Waals surface area contributed by atoms with Crippen molar-refractivity contribution in [2.45, 2.75) is 29.9 Å². The molecule has 208 valence electrons. The zero-order chi connectivity index (χ0) is 29.1. The molecule has 0 radical (unpaired) electrons. The highest BCUT2D eigenvalue weighted by molar-refractivity contribution is 7.99. The van der Waals surface area contributed by atoms with E-state index in [4.69, 9.17) is 9.47 Å². The van der Waals surface area contributed by atoms with Gasteiger partial charge in [-0.2, -0.15) is 0 Å². The molecule has 0 spiro atoms. The summed E-state index contributed by atoms with van der Waals surface area (Å²) in [5, 5.41) is 12.3. The Hall–Kier alpha value is -4.62. The topological polar surface area (TPSA) is 139 Å². The van der Waals surface area contributed by atoms with Crippen LogP contribution in [0.4, 0.5) is 5.69 Å². The molecule has 0 bridgehead atoms. The number of nitro groups is 1. The Morgan fingerprint density at radius 3 is 2.68 bits per heavy atom. The second kappa shape index (κ2) is 11.9. The van der Waals surface area contributed by atoms with Crippen LogP contribution < -0.4 is 19.6 Å². The van der Waals surface area contributed by atoms with E-state index in [0.717, 1.165) is 23.1 Å². The quantitative estimate of drug-likeness (QED) is 0.130. The summed E-state index contributed by atoms with van der Waals surface area (Å²) in [6, 6.07) is 12.7. The first kappa shape index (κ1) is 27.9. The number of rotatable bonds is 8.